The number of carbonyl (C=O) groups is 3. The van der Waals surface area contributed by atoms with Crippen molar-refractivity contribution < 1.29 is 28.8 Å². The quantitative estimate of drug-likeness (QED) is 0.0624. The van der Waals surface area contributed by atoms with E-state index in [-0.39, 0.29) is 30.2 Å². The van der Waals surface area contributed by atoms with E-state index in [1.165, 1.54) is 35.7 Å². The number of hydrogen-bond donors (Lipinski definition) is 0. The molecule has 48 heavy (non-hydrogen) atoms. The van der Waals surface area contributed by atoms with Crippen molar-refractivity contribution in [2.75, 3.05) is 12.4 Å². The fraction of sp³-hybridized carbons (Fsp3) is 0.189. The summed E-state index contributed by atoms with van der Waals surface area (Å²) in [7, 11) is 0. The average molecular weight is 662 g/mol. The number of non-ortho nitro benzene ring substituents is 1. The molecule has 0 aliphatic carbocycles. The zero-order valence-electron chi connectivity index (χ0n) is 25.9. The number of carbonyl (C=O) groups excluding carboxylic acids is 3. The molecule has 0 bridgehead atoms. The van der Waals surface area contributed by atoms with Gasteiger partial charge in [-0.05, 0) is 34.4 Å². The van der Waals surface area contributed by atoms with Crippen LogP contribution in [0.4, 0.5) is 5.69 Å². The van der Waals surface area contributed by atoms with Gasteiger partial charge in [-0.25, -0.2) is 4.79 Å². The zero-order chi connectivity index (χ0) is 33.7. The lowest BCUT2D eigenvalue weighted by Crippen LogP contribution is -2.73. The largest absolute Gasteiger partial charge is 0.461 e. The summed E-state index contributed by atoms with van der Waals surface area (Å²) in [5.74, 6) is -1.36. The fourth-order valence-corrected chi connectivity index (χ4v) is 7.26. The molecule has 1 amide bonds. The van der Waals surface area contributed by atoms with E-state index in [0.717, 1.165) is 16.7 Å². The van der Waals surface area contributed by atoms with Crippen LogP contribution in [0.3, 0.4) is 0 Å². The predicted octanol–water partition coefficient (Wildman–Crippen LogP) is 6.06. The standard InChI is InChI=1S/C37H31N3O7S/c1-25(41)46-23-30-24-48-36-37(21-26-11-5-2-6-12-26,38-22-27-17-19-31(20-18-27)40(44)45)35(43)39(36)32(30)34(42)47-33(28-13-7-3-8-14-28)29-15-9-4-10-16-29/h2-20,22,33,36H,21,23-24H2,1H3/t36-,37+/m1/s1. The van der Waals surface area contributed by atoms with E-state index >= 15 is 0 Å². The summed E-state index contributed by atoms with van der Waals surface area (Å²) in [5, 5.41) is 10.6. The minimum Gasteiger partial charge on any atom is -0.461 e. The molecular formula is C37H31N3O7S. The van der Waals surface area contributed by atoms with Crippen LogP contribution in [0.15, 0.2) is 132 Å². The van der Waals surface area contributed by atoms with Crippen molar-refractivity contribution in [1.82, 2.24) is 4.90 Å². The van der Waals surface area contributed by atoms with Gasteiger partial charge in [0.25, 0.3) is 11.6 Å². The Bertz CT molecular complexity index is 1840. The number of nitro benzene ring substituents is 1. The van der Waals surface area contributed by atoms with Crippen LogP contribution in [0, 0.1) is 10.1 Å². The van der Waals surface area contributed by atoms with Gasteiger partial charge in [-0.1, -0.05) is 91.0 Å². The Morgan fingerprint density at radius 3 is 2.10 bits per heavy atom. The number of thioether (sulfide) groups is 1. The number of rotatable bonds is 11. The lowest BCUT2D eigenvalue weighted by atomic mass is 9.81. The second-order valence-corrected chi connectivity index (χ2v) is 12.4. The molecule has 4 aromatic carbocycles. The van der Waals surface area contributed by atoms with Gasteiger partial charge in [-0.15, -0.1) is 11.8 Å². The molecule has 4 aromatic rings. The van der Waals surface area contributed by atoms with Gasteiger partial charge in [0.05, 0.1) is 4.92 Å². The Morgan fingerprint density at radius 1 is 0.958 bits per heavy atom. The smallest absolute Gasteiger partial charge is 0.356 e. The molecule has 2 aliphatic rings. The number of esters is 2. The van der Waals surface area contributed by atoms with Crippen LogP contribution in [-0.4, -0.2) is 57.2 Å². The number of aliphatic imine (C=N–C) groups is 1. The van der Waals surface area contributed by atoms with E-state index < -0.39 is 39.8 Å². The van der Waals surface area contributed by atoms with E-state index in [9.17, 15) is 24.5 Å². The highest BCUT2D eigenvalue weighted by atomic mass is 32.2. The number of β-lactam (4-membered cyclic amide) rings is 1. The highest BCUT2D eigenvalue weighted by Gasteiger charge is 2.64. The second-order valence-electron chi connectivity index (χ2n) is 11.4. The van der Waals surface area contributed by atoms with Gasteiger partial charge in [0.2, 0.25) is 0 Å². The number of amides is 1. The molecule has 6 rings (SSSR count). The lowest BCUT2D eigenvalue weighted by Gasteiger charge is -2.55. The average Bonchev–Trinajstić information content (AvgIpc) is 3.12. The Hall–Kier alpha value is -5.55. The lowest BCUT2D eigenvalue weighted by molar-refractivity contribution is -0.384. The Balaban J connectivity index is 1.38. The molecular weight excluding hydrogens is 630 g/mol. The summed E-state index contributed by atoms with van der Waals surface area (Å²) < 4.78 is 11.5. The van der Waals surface area contributed by atoms with E-state index in [2.05, 4.69) is 0 Å². The normalized spacial score (nSPS) is 18.8. The summed E-state index contributed by atoms with van der Waals surface area (Å²) in [6.07, 6.45) is 1.03. The van der Waals surface area contributed by atoms with E-state index in [0.29, 0.717) is 11.1 Å². The van der Waals surface area contributed by atoms with Crippen molar-refractivity contribution in [1.29, 1.82) is 0 Å². The first kappa shape index (κ1) is 32.4. The van der Waals surface area contributed by atoms with Crippen molar-refractivity contribution in [3.8, 4) is 0 Å². The topological polar surface area (TPSA) is 128 Å². The third-order valence-electron chi connectivity index (χ3n) is 8.16. The number of hydrogen-bond acceptors (Lipinski definition) is 9. The molecule has 2 heterocycles. The van der Waals surface area contributed by atoms with Crippen molar-refractivity contribution in [3.05, 3.63) is 159 Å². The van der Waals surface area contributed by atoms with E-state index in [1.54, 1.807) is 18.3 Å². The van der Waals surface area contributed by atoms with Crippen LogP contribution in [0.5, 0.6) is 0 Å². The van der Waals surface area contributed by atoms with Crippen LogP contribution in [0.1, 0.15) is 35.3 Å². The molecule has 242 valence electrons. The number of nitrogens with zero attached hydrogens (tertiary/aromatic N) is 3. The predicted molar refractivity (Wildman–Crippen MR) is 181 cm³/mol. The zero-order valence-corrected chi connectivity index (χ0v) is 26.7. The molecule has 0 saturated carbocycles. The molecule has 0 unspecified atom stereocenters. The maximum atomic E-state index is 14.5. The fourth-order valence-electron chi connectivity index (χ4n) is 5.81. The van der Waals surface area contributed by atoms with Gasteiger partial charge in [-0.3, -0.25) is 29.6 Å². The van der Waals surface area contributed by atoms with Crippen LogP contribution in [0.2, 0.25) is 0 Å². The Labute approximate surface area is 281 Å². The number of benzene rings is 4. The monoisotopic (exact) mass is 661 g/mol. The molecule has 0 N–H and O–H groups in total. The molecule has 10 nitrogen and oxygen atoms in total. The third kappa shape index (κ3) is 6.63. The summed E-state index contributed by atoms with van der Waals surface area (Å²) in [6.45, 7) is 1.10. The molecule has 2 atom stereocenters. The molecule has 0 radical (unpaired) electrons. The summed E-state index contributed by atoms with van der Waals surface area (Å²) >= 11 is 1.42. The van der Waals surface area contributed by atoms with Gasteiger partial charge in [0.15, 0.2) is 11.6 Å². The van der Waals surface area contributed by atoms with Crippen molar-refractivity contribution in [2.45, 2.75) is 30.4 Å². The molecule has 2 aliphatic heterocycles. The van der Waals surface area contributed by atoms with Crippen LogP contribution < -0.4 is 0 Å². The molecule has 1 fully saturated rings. The highest BCUT2D eigenvalue weighted by molar-refractivity contribution is 8.00. The first-order valence-corrected chi connectivity index (χ1v) is 16.3. The van der Waals surface area contributed by atoms with Crippen molar-refractivity contribution >= 4 is 41.5 Å². The van der Waals surface area contributed by atoms with Gasteiger partial charge in [-0.2, -0.15) is 0 Å². The molecule has 11 heteroatoms. The minimum atomic E-state index is -1.29. The van der Waals surface area contributed by atoms with Gasteiger partial charge in [0, 0.05) is 43.0 Å². The maximum absolute atomic E-state index is 14.5. The van der Waals surface area contributed by atoms with Crippen molar-refractivity contribution in [3.63, 3.8) is 0 Å². The molecule has 0 aromatic heterocycles. The number of nitro groups is 1. The minimum absolute atomic E-state index is 0.0380. The maximum Gasteiger partial charge on any atom is 0.356 e. The van der Waals surface area contributed by atoms with Gasteiger partial charge in [0.1, 0.15) is 17.7 Å². The van der Waals surface area contributed by atoms with E-state index in [1.807, 2.05) is 91.0 Å². The summed E-state index contributed by atoms with van der Waals surface area (Å²) in [4.78, 5) is 57.5. The van der Waals surface area contributed by atoms with Gasteiger partial charge >= 0.3 is 11.9 Å². The SMILES string of the molecule is CC(=O)OCC1=C(C(=O)OC(c2ccccc2)c2ccccc2)N2C(=O)[C@](Cc3ccccc3)(N=Cc3ccc([N+](=O)[O-])cc3)[C@H]2SC1. The first-order chi connectivity index (χ1) is 23.3. The summed E-state index contributed by atoms with van der Waals surface area (Å²) in [6, 6.07) is 34.0. The number of ether oxygens (including phenoxy) is 2. The molecule has 0 spiro atoms. The second kappa shape index (κ2) is 14.1. The van der Waals surface area contributed by atoms with Crippen LogP contribution in [0.25, 0.3) is 0 Å². The Kier molecular flexibility index (Phi) is 9.49. The van der Waals surface area contributed by atoms with Crippen LogP contribution in [-0.2, 0) is 30.3 Å². The highest BCUT2D eigenvalue weighted by Crippen LogP contribution is 2.50. The first-order valence-electron chi connectivity index (χ1n) is 15.2. The van der Waals surface area contributed by atoms with Crippen LogP contribution >= 0.6 is 11.8 Å². The third-order valence-corrected chi connectivity index (χ3v) is 9.59. The Morgan fingerprint density at radius 2 is 1.54 bits per heavy atom. The summed E-state index contributed by atoms with van der Waals surface area (Å²) in [5.41, 5.74) is 2.11. The van der Waals surface area contributed by atoms with Crippen molar-refractivity contribution in [2.24, 2.45) is 4.99 Å². The van der Waals surface area contributed by atoms with Gasteiger partial charge < -0.3 is 9.47 Å². The molecule has 1 saturated heterocycles. The number of fused-ring (bicyclic) bond motifs is 1. The van der Waals surface area contributed by atoms with E-state index in [4.69, 9.17) is 14.5 Å².